The lowest BCUT2D eigenvalue weighted by atomic mass is 10.1. The van der Waals surface area contributed by atoms with Crippen molar-refractivity contribution in [2.45, 2.75) is 19.0 Å². The second-order valence-electron chi connectivity index (χ2n) is 6.43. The molecule has 1 aromatic carbocycles. The monoisotopic (exact) mass is 364 g/mol. The van der Waals surface area contributed by atoms with Crippen molar-refractivity contribution in [2.75, 3.05) is 37.7 Å². The van der Waals surface area contributed by atoms with Crippen molar-refractivity contribution in [1.82, 2.24) is 0 Å². The summed E-state index contributed by atoms with van der Waals surface area (Å²) in [5, 5.41) is 1.20. The first-order valence-corrected chi connectivity index (χ1v) is 10.3. The van der Waals surface area contributed by atoms with E-state index in [1.165, 1.54) is 15.4 Å². The van der Waals surface area contributed by atoms with E-state index in [1.807, 2.05) is 18.2 Å². The zero-order valence-corrected chi connectivity index (χ0v) is 14.8. The van der Waals surface area contributed by atoms with Crippen LogP contribution in [0.3, 0.4) is 0 Å². The van der Waals surface area contributed by atoms with Gasteiger partial charge in [-0.05, 0) is 12.1 Å². The van der Waals surface area contributed by atoms with E-state index in [0.717, 1.165) is 39.1 Å². The van der Waals surface area contributed by atoms with Gasteiger partial charge in [0.2, 0.25) is 0 Å². The molecule has 3 rings (SSSR count). The molecule has 0 saturated carbocycles. The summed E-state index contributed by atoms with van der Waals surface area (Å²) in [7, 11) is -2.77. The third kappa shape index (κ3) is 3.95. The Hall–Kier alpha value is -0.330. The van der Waals surface area contributed by atoms with Crippen LogP contribution in [-0.4, -0.2) is 52.1 Å². The maximum absolute atomic E-state index is 11.6. The van der Waals surface area contributed by atoms with Crippen LogP contribution in [-0.2, 0) is 16.4 Å². The minimum Gasteiger partial charge on any atom is -0.322 e. The Balaban J connectivity index is 1.52. The fraction of sp³-hybridized carbons (Fsp3) is 0.600. The summed E-state index contributed by atoms with van der Waals surface area (Å²) in [6.07, 6.45) is 0.833. The van der Waals surface area contributed by atoms with Gasteiger partial charge in [0.1, 0.15) is 44.5 Å². The van der Waals surface area contributed by atoms with Gasteiger partial charge in [0.25, 0.3) is 0 Å². The zero-order chi connectivity index (χ0) is 15.7. The van der Waals surface area contributed by atoms with E-state index in [0.29, 0.717) is 27.6 Å². The largest absolute Gasteiger partial charge is 0.322 e. The molecule has 2 aliphatic rings. The van der Waals surface area contributed by atoms with Gasteiger partial charge in [-0.1, -0.05) is 29.3 Å². The van der Waals surface area contributed by atoms with Crippen LogP contribution in [0.5, 0.6) is 0 Å². The number of rotatable bonds is 3. The van der Waals surface area contributed by atoms with Gasteiger partial charge >= 0.3 is 0 Å². The van der Waals surface area contributed by atoms with Gasteiger partial charge in [-0.3, -0.25) is 0 Å². The normalized spacial score (nSPS) is 31.3. The number of hydrogen-bond donors (Lipinski definition) is 2. The molecule has 2 N–H and O–H groups in total. The summed E-state index contributed by atoms with van der Waals surface area (Å²) < 4.78 is 23.2. The molecule has 0 aliphatic carbocycles. The first-order chi connectivity index (χ1) is 10.4. The first kappa shape index (κ1) is 16.5. The van der Waals surface area contributed by atoms with E-state index in [1.54, 1.807) is 0 Å². The Bertz CT molecular complexity index is 643. The number of quaternary nitrogens is 2. The number of piperazine rings is 1. The molecule has 122 valence electrons. The van der Waals surface area contributed by atoms with Crippen LogP contribution in [0, 0.1) is 0 Å². The second-order valence-corrected chi connectivity index (χ2v) is 9.48. The molecular formula is C15H22Cl2N2O2S+2. The summed E-state index contributed by atoms with van der Waals surface area (Å²) in [4.78, 5) is 3.00. The highest BCUT2D eigenvalue weighted by Gasteiger charge is 2.37. The van der Waals surface area contributed by atoms with Gasteiger partial charge in [-0.15, -0.1) is 0 Å². The number of nitrogens with one attached hydrogen (secondary N) is 2. The molecule has 0 amide bonds. The lowest BCUT2D eigenvalue weighted by Gasteiger charge is -2.32. The van der Waals surface area contributed by atoms with Crippen LogP contribution in [0.1, 0.15) is 12.0 Å². The van der Waals surface area contributed by atoms with Crippen LogP contribution in [0.15, 0.2) is 18.2 Å². The molecule has 1 atom stereocenters. The van der Waals surface area contributed by atoms with Gasteiger partial charge in [0.05, 0.1) is 15.8 Å². The Kier molecular flexibility index (Phi) is 5.00. The summed E-state index contributed by atoms with van der Waals surface area (Å²) in [5.41, 5.74) is 1.20. The average Bonchev–Trinajstić information content (AvgIpc) is 2.84. The quantitative estimate of drug-likeness (QED) is 0.756. The average molecular weight is 365 g/mol. The van der Waals surface area contributed by atoms with E-state index >= 15 is 0 Å². The highest BCUT2D eigenvalue weighted by Crippen LogP contribution is 2.22. The van der Waals surface area contributed by atoms with Crippen molar-refractivity contribution < 1.29 is 18.2 Å². The molecule has 0 bridgehead atoms. The van der Waals surface area contributed by atoms with Gasteiger partial charge in [-0.25, -0.2) is 8.42 Å². The number of hydrogen-bond acceptors (Lipinski definition) is 2. The third-order valence-electron chi connectivity index (χ3n) is 4.85. The first-order valence-electron chi connectivity index (χ1n) is 7.75. The third-order valence-corrected chi connectivity index (χ3v) is 7.35. The van der Waals surface area contributed by atoms with E-state index in [-0.39, 0.29) is 0 Å². The molecule has 4 nitrogen and oxygen atoms in total. The maximum Gasteiger partial charge on any atom is 0.156 e. The molecule has 0 unspecified atom stereocenters. The number of halogens is 2. The predicted octanol–water partition coefficient (Wildman–Crippen LogP) is -0.536. The Morgan fingerprint density at radius 1 is 1.09 bits per heavy atom. The molecule has 0 spiro atoms. The van der Waals surface area contributed by atoms with Gasteiger partial charge in [0, 0.05) is 12.0 Å². The van der Waals surface area contributed by atoms with Crippen LogP contribution in [0.25, 0.3) is 0 Å². The minimum absolute atomic E-state index is 0.316. The van der Waals surface area contributed by atoms with E-state index < -0.39 is 9.84 Å². The van der Waals surface area contributed by atoms with Gasteiger partial charge < -0.3 is 9.80 Å². The van der Waals surface area contributed by atoms with Crippen LogP contribution < -0.4 is 9.80 Å². The van der Waals surface area contributed by atoms with E-state index in [9.17, 15) is 8.42 Å². The fourth-order valence-electron chi connectivity index (χ4n) is 3.56. The summed E-state index contributed by atoms with van der Waals surface area (Å²) >= 11 is 12.0. The molecule has 1 aromatic rings. The molecule has 2 aliphatic heterocycles. The van der Waals surface area contributed by atoms with Crippen molar-refractivity contribution in [2.24, 2.45) is 0 Å². The fourth-order valence-corrected chi connectivity index (χ4v) is 5.71. The molecule has 0 radical (unpaired) electrons. The molecule has 7 heteroatoms. The number of sulfone groups is 1. The highest BCUT2D eigenvalue weighted by molar-refractivity contribution is 7.91. The maximum atomic E-state index is 11.6. The van der Waals surface area contributed by atoms with Crippen LogP contribution in [0.4, 0.5) is 0 Å². The standard InChI is InChI=1S/C15H20Cl2N2O2S/c16-14-2-1-12(9-15(14)17)10-18-4-6-19(7-5-18)13-3-8-22(20,21)11-13/h1-2,9,13H,3-8,10-11H2/p+2/t13-/m1/s1. The van der Waals surface area contributed by atoms with Crippen molar-refractivity contribution >= 4 is 33.0 Å². The summed E-state index contributed by atoms with van der Waals surface area (Å²) in [6, 6.07) is 6.14. The Morgan fingerprint density at radius 3 is 2.41 bits per heavy atom. The van der Waals surface area contributed by atoms with Gasteiger partial charge in [-0.2, -0.15) is 0 Å². The van der Waals surface area contributed by atoms with Crippen molar-refractivity contribution in [3.8, 4) is 0 Å². The smallest absolute Gasteiger partial charge is 0.156 e. The lowest BCUT2D eigenvalue weighted by Crippen LogP contribution is -3.29. The molecule has 2 fully saturated rings. The van der Waals surface area contributed by atoms with E-state index in [2.05, 4.69) is 0 Å². The summed E-state index contributed by atoms with van der Waals surface area (Å²) in [5.74, 6) is 0.755. The minimum atomic E-state index is -2.77. The highest BCUT2D eigenvalue weighted by atomic mass is 35.5. The van der Waals surface area contributed by atoms with Crippen LogP contribution in [0.2, 0.25) is 10.0 Å². The Morgan fingerprint density at radius 2 is 1.82 bits per heavy atom. The Labute approximate surface area is 141 Å². The van der Waals surface area contributed by atoms with Crippen LogP contribution >= 0.6 is 23.2 Å². The molecule has 2 heterocycles. The molecule has 0 aromatic heterocycles. The SMILES string of the molecule is O=S1(=O)CC[C@@H]([NH+]2CC[NH+](Cc3ccc(Cl)c(Cl)c3)CC2)C1. The summed E-state index contributed by atoms with van der Waals surface area (Å²) in [6.45, 7) is 5.21. The number of benzene rings is 1. The van der Waals surface area contributed by atoms with Crippen molar-refractivity contribution in [1.29, 1.82) is 0 Å². The van der Waals surface area contributed by atoms with Crippen molar-refractivity contribution in [3.63, 3.8) is 0 Å². The van der Waals surface area contributed by atoms with Crippen molar-refractivity contribution in [3.05, 3.63) is 33.8 Å². The predicted molar refractivity (Wildman–Crippen MR) is 88.6 cm³/mol. The molecular weight excluding hydrogens is 343 g/mol. The van der Waals surface area contributed by atoms with Gasteiger partial charge in [0.15, 0.2) is 9.84 Å². The molecule has 2 saturated heterocycles. The van der Waals surface area contributed by atoms with E-state index in [4.69, 9.17) is 23.2 Å². The second kappa shape index (κ2) is 6.65. The molecule has 22 heavy (non-hydrogen) atoms. The lowest BCUT2D eigenvalue weighted by molar-refractivity contribution is -1.03. The topological polar surface area (TPSA) is 43.0 Å². The zero-order valence-electron chi connectivity index (χ0n) is 12.4.